The summed E-state index contributed by atoms with van der Waals surface area (Å²) in [6.45, 7) is 2.56. The lowest BCUT2D eigenvalue weighted by molar-refractivity contribution is 0.300. The summed E-state index contributed by atoms with van der Waals surface area (Å²) in [4.78, 5) is 13.3. The molecule has 8 heteroatoms. The van der Waals surface area contributed by atoms with Crippen LogP contribution in [0.3, 0.4) is 0 Å². The third-order valence-corrected chi connectivity index (χ3v) is 5.58. The maximum absolute atomic E-state index is 13.3. The van der Waals surface area contributed by atoms with Crippen molar-refractivity contribution in [3.05, 3.63) is 75.7 Å². The molecule has 1 unspecified atom stereocenters. The van der Waals surface area contributed by atoms with Crippen LogP contribution >= 0.6 is 11.6 Å². The molecule has 0 aliphatic rings. The van der Waals surface area contributed by atoms with Crippen molar-refractivity contribution in [2.75, 3.05) is 6.61 Å². The van der Waals surface area contributed by atoms with Gasteiger partial charge in [-0.3, -0.25) is 9.00 Å². The molecule has 1 heterocycles. The van der Waals surface area contributed by atoms with Crippen LogP contribution < -0.4 is 10.3 Å². The number of rotatable bonds is 10. The van der Waals surface area contributed by atoms with Crippen LogP contribution in [0.15, 0.2) is 59.5 Å². The zero-order valence-electron chi connectivity index (χ0n) is 17.3. The average Bonchev–Trinajstić information content (AvgIpc) is 2.74. The van der Waals surface area contributed by atoms with Crippen molar-refractivity contribution in [2.24, 2.45) is 0 Å². The second kappa shape index (κ2) is 11.2. The Hall–Kier alpha value is -2.48. The standard InChI is InChI=1S/C23H25ClN2O4S/c1-2-3-4-5-13-30-22-21(18-11-9-17(10-12-18)16-31(28)29)15-25-26(23(22)27)20-8-6-7-19(24)14-20/h6-12,14-15H,2-5,13,16H2,1H3,(H,28,29)/p-1. The van der Waals surface area contributed by atoms with Crippen molar-refractivity contribution in [2.45, 2.75) is 38.4 Å². The van der Waals surface area contributed by atoms with Gasteiger partial charge in [-0.1, -0.05) is 79.2 Å². The number of ether oxygens (including phenoxy) is 1. The summed E-state index contributed by atoms with van der Waals surface area (Å²) in [7, 11) is 0. The Labute approximate surface area is 189 Å². The molecule has 3 aromatic rings. The molecule has 0 bridgehead atoms. The van der Waals surface area contributed by atoms with E-state index >= 15 is 0 Å². The number of benzene rings is 2. The van der Waals surface area contributed by atoms with Crippen molar-refractivity contribution < 1.29 is 13.5 Å². The van der Waals surface area contributed by atoms with Crippen LogP contribution in [0.5, 0.6) is 5.75 Å². The van der Waals surface area contributed by atoms with Crippen LogP contribution in [0.2, 0.25) is 5.02 Å². The van der Waals surface area contributed by atoms with Crippen LogP contribution in [-0.4, -0.2) is 25.1 Å². The highest BCUT2D eigenvalue weighted by atomic mass is 35.5. The number of aromatic nitrogens is 2. The Bertz CT molecular complexity index is 1100. The number of hydrogen-bond acceptors (Lipinski definition) is 5. The first-order valence-electron chi connectivity index (χ1n) is 10.2. The van der Waals surface area contributed by atoms with Gasteiger partial charge in [0.2, 0.25) is 0 Å². The fourth-order valence-corrected chi connectivity index (χ4v) is 3.84. The largest absolute Gasteiger partial charge is 0.772 e. The highest BCUT2D eigenvalue weighted by Gasteiger charge is 2.16. The van der Waals surface area contributed by atoms with Crippen molar-refractivity contribution in [3.63, 3.8) is 0 Å². The van der Waals surface area contributed by atoms with Gasteiger partial charge in [-0.2, -0.15) is 9.78 Å². The van der Waals surface area contributed by atoms with Crippen LogP contribution in [0.25, 0.3) is 16.8 Å². The molecule has 31 heavy (non-hydrogen) atoms. The summed E-state index contributed by atoms with van der Waals surface area (Å²) in [6.07, 6.45) is 5.69. The van der Waals surface area contributed by atoms with Gasteiger partial charge in [-0.05, 0) is 35.7 Å². The molecule has 0 spiro atoms. The van der Waals surface area contributed by atoms with Crippen molar-refractivity contribution in [1.29, 1.82) is 0 Å². The molecule has 1 atom stereocenters. The van der Waals surface area contributed by atoms with E-state index in [0.717, 1.165) is 31.2 Å². The molecule has 0 N–H and O–H groups in total. The fraction of sp³-hybridized carbons (Fsp3) is 0.304. The molecule has 0 radical (unpaired) electrons. The zero-order chi connectivity index (χ0) is 22.2. The van der Waals surface area contributed by atoms with Gasteiger partial charge in [0.05, 0.1) is 18.5 Å². The molecule has 3 rings (SSSR count). The van der Waals surface area contributed by atoms with E-state index in [9.17, 15) is 13.6 Å². The molecule has 0 aliphatic heterocycles. The molecule has 0 amide bonds. The Balaban J connectivity index is 1.98. The lowest BCUT2D eigenvalue weighted by Gasteiger charge is -2.14. The number of hydrogen-bond donors (Lipinski definition) is 0. The second-order valence-corrected chi connectivity index (χ2v) is 8.47. The monoisotopic (exact) mass is 459 g/mol. The SMILES string of the molecule is CCCCCCOc1c(-c2ccc(CS(=O)[O-])cc2)cnn(-c2cccc(Cl)c2)c1=O. The number of unbranched alkanes of at least 4 members (excludes halogenated alkanes) is 3. The first kappa shape index (κ1) is 23.2. The van der Waals surface area contributed by atoms with Gasteiger partial charge in [-0.15, -0.1) is 0 Å². The minimum Gasteiger partial charge on any atom is -0.772 e. The van der Waals surface area contributed by atoms with E-state index < -0.39 is 11.1 Å². The van der Waals surface area contributed by atoms with Crippen LogP contribution in [0, 0.1) is 0 Å². The normalized spacial score (nSPS) is 12.0. The van der Waals surface area contributed by atoms with Gasteiger partial charge in [-0.25, -0.2) is 0 Å². The summed E-state index contributed by atoms with van der Waals surface area (Å²) in [6, 6.07) is 13.9. The van der Waals surface area contributed by atoms with E-state index in [1.165, 1.54) is 4.68 Å². The van der Waals surface area contributed by atoms with Gasteiger partial charge in [0.1, 0.15) is 0 Å². The van der Waals surface area contributed by atoms with Crippen molar-refractivity contribution >= 4 is 22.7 Å². The van der Waals surface area contributed by atoms with E-state index in [1.807, 2.05) is 0 Å². The van der Waals surface area contributed by atoms with Crippen LogP contribution in [-0.2, 0) is 16.8 Å². The lowest BCUT2D eigenvalue weighted by atomic mass is 10.1. The maximum Gasteiger partial charge on any atom is 0.314 e. The quantitative estimate of drug-likeness (QED) is 0.318. The molecule has 0 saturated carbocycles. The van der Waals surface area contributed by atoms with Crippen LogP contribution in [0.4, 0.5) is 0 Å². The Morgan fingerprint density at radius 1 is 1.13 bits per heavy atom. The third kappa shape index (κ3) is 6.26. The van der Waals surface area contributed by atoms with Gasteiger partial charge < -0.3 is 9.29 Å². The summed E-state index contributed by atoms with van der Waals surface area (Å²) in [5.74, 6) is 0.155. The molecular formula is C23H24ClN2O4S-. The highest BCUT2D eigenvalue weighted by molar-refractivity contribution is 7.78. The summed E-state index contributed by atoms with van der Waals surface area (Å²) in [5, 5.41) is 4.83. The second-order valence-electron chi connectivity index (χ2n) is 7.14. The zero-order valence-corrected chi connectivity index (χ0v) is 18.8. The Kier molecular flexibility index (Phi) is 8.40. The van der Waals surface area contributed by atoms with E-state index in [-0.39, 0.29) is 17.1 Å². The topological polar surface area (TPSA) is 84.2 Å². The molecule has 164 valence electrons. The van der Waals surface area contributed by atoms with Gasteiger partial charge in [0.15, 0.2) is 5.75 Å². The van der Waals surface area contributed by atoms with E-state index in [0.29, 0.717) is 28.4 Å². The molecular weight excluding hydrogens is 436 g/mol. The first-order chi connectivity index (χ1) is 15.0. The fourth-order valence-electron chi connectivity index (χ4n) is 3.19. The highest BCUT2D eigenvalue weighted by Crippen LogP contribution is 2.27. The molecule has 6 nitrogen and oxygen atoms in total. The minimum atomic E-state index is -2.16. The molecule has 2 aromatic carbocycles. The van der Waals surface area contributed by atoms with E-state index in [1.54, 1.807) is 54.7 Å². The smallest absolute Gasteiger partial charge is 0.314 e. The molecule has 0 fully saturated rings. The number of nitrogens with zero attached hydrogens (tertiary/aromatic N) is 2. The summed E-state index contributed by atoms with van der Waals surface area (Å²) in [5.41, 5.74) is 2.13. The molecule has 0 aliphatic carbocycles. The van der Waals surface area contributed by atoms with Gasteiger partial charge in [0, 0.05) is 16.3 Å². The predicted octanol–water partition coefficient (Wildman–Crippen LogP) is 4.89. The Morgan fingerprint density at radius 2 is 1.90 bits per heavy atom. The van der Waals surface area contributed by atoms with E-state index in [4.69, 9.17) is 16.3 Å². The van der Waals surface area contributed by atoms with Crippen molar-refractivity contribution in [1.82, 2.24) is 9.78 Å². The van der Waals surface area contributed by atoms with Crippen molar-refractivity contribution in [3.8, 4) is 22.6 Å². The van der Waals surface area contributed by atoms with Crippen LogP contribution in [0.1, 0.15) is 38.2 Å². The predicted molar refractivity (Wildman–Crippen MR) is 123 cm³/mol. The van der Waals surface area contributed by atoms with Gasteiger partial charge in [0.25, 0.3) is 0 Å². The molecule has 1 aromatic heterocycles. The average molecular weight is 460 g/mol. The minimum absolute atomic E-state index is 0.0598. The lowest BCUT2D eigenvalue weighted by Crippen LogP contribution is -2.24. The first-order valence-corrected chi connectivity index (χ1v) is 11.8. The maximum atomic E-state index is 13.3. The summed E-state index contributed by atoms with van der Waals surface area (Å²) >= 11 is 3.92. The summed E-state index contributed by atoms with van der Waals surface area (Å²) < 4.78 is 29.1. The molecule has 0 saturated heterocycles. The Morgan fingerprint density at radius 3 is 2.58 bits per heavy atom. The van der Waals surface area contributed by atoms with Gasteiger partial charge >= 0.3 is 5.56 Å². The third-order valence-electron chi connectivity index (χ3n) is 4.78. The van der Waals surface area contributed by atoms with E-state index in [2.05, 4.69) is 12.0 Å². The number of halogens is 1.